The summed E-state index contributed by atoms with van der Waals surface area (Å²) in [6.07, 6.45) is 0.610. The van der Waals surface area contributed by atoms with E-state index in [4.69, 9.17) is 25.5 Å². The van der Waals surface area contributed by atoms with Gasteiger partial charge in [-0.25, -0.2) is 4.79 Å². The van der Waals surface area contributed by atoms with Gasteiger partial charge in [0.25, 0.3) is 17.5 Å². The van der Waals surface area contributed by atoms with E-state index in [0.717, 1.165) is 11.3 Å². The van der Waals surface area contributed by atoms with E-state index in [1.165, 1.54) is 35.2 Å². The number of nitrogens with one attached hydrogen (secondary N) is 1. The first kappa shape index (κ1) is 27.7. The predicted octanol–water partition coefficient (Wildman–Crippen LogP) is 5.31. The third-order valence-electron chi connectivity index (χ3n) is 5.00. The van der Waals surface area contributed by atoms with Gasteiger partial charge in [-0.05, 0) is 37.1 Å². The molecule has 2 aromatic heterocycles. The Balaban J connectivity index is 1.79. The molecule has 0 atom stereocenters. The molecule has 0 aliphatic rings. The van der Waals surface area contributed by atoms with Gasteiger partial charge in [-0.1, -0.05) is 18.5 Å². The number of esters is 1. The smallest absolute Gasteiger partial charge is 0.341 e. The molecular formula is C24H24ClN3O8S. The maximum atomic E-state index is 12.9. The van der Waals surface area contributed by atoms with Crippen LogP contribution in [0.25, 0.3) is 0 Å². The molecule has 0 saturated carbocycles. The molecule has 0 fully saturated rings. The second kappa shape index (κ2) is 11.9. The molecule has 2 amide bonds. The van der Waals surface area contributed by atoms with Gasteiger partial charge in [0, 0.05) is 20.2 Å². The minimum absolute atomic E-state index is 0.0804. The number of ether oxygens (including phenoxy) is 2. The molecule has 3 rings (SSSR count). The largest absolute Gasteiger partial charge is 0.484 e. The Hall–Kier alpha value is -3.90. The lowest BCUT2D eigenvalue weighted by Crippen LogP contribution is -2.21. The van der Waals surface area contributed by atoms with Crippen LogP contribution in [-0.4, -0.2) is 48.3 Å². The monoisotopic (exact) mass is 549 g/mol. The summed E-state index contributed by atoms with van der Waals surface area (Å²) < 4.78 is 16.3. The van der Waals surface area contributed by atoms with E-state index in [1.54, 1.807) is 21.0 Å². The van der Waals surface area contributed by atoms with Gasteiger partial charge < -0.3 is 24.1 Å². The summed E-state index contributed by atoms with van der Waals surface area (Å²) in [6, 6.07) is 6.68. The lowest BCUT2D eigenvalue weighted by atomic mass is 10.1. The van der Waals surface area contributed by atoms with Crippen molar-refractivity contribution in [1.82, 2.24) is 4.90 Å². The first-order chi connectivity index (χ1) is 17.5. The fraction of sp³-hybridized carbons (Fsp3) is 0.292. The number of benzene rings is 1. The molecule has 0 bridgehead atoms. The Morgan fingerprint density at radius 1 is 1.22 bits per heavy atom. The number of rotatable bonds is 10. The van der Waals surface area contributed by atoms with Crippen molar-refractivity contribution >= 4 is 51.4 Å². The average molecular weight is 550 g/mol. The lowest BCUT2D eigenvalue weighted by molar-refractivity contribution is -0.384. The molecule has 11 nitrogen and oxygen atoms in total. The lowest BCUT2D eigenvalue weighted by Gasteiger charge is -2.09. The average Bonchev–Trinajstić information content (AvgIpc) is 3.45. The summed E-state index contributed by atoms with van der Waals surface area (Å²) in [7, 11) is 3.17. The Kier molecular flexibility index (Phi) is 8.90. The van der Waals surface area contributed by atoms with Crippen LogP contribution in [0.1, 0.15) is 55.3 Å². The van der Waals surface area contributed by atoms with Crippen LogP contribution in [0.2, 0.25) is 5.02 Å². The molecule has 2 heterocycles. The van der Waals surface area contributed by atoms with Crippen LogP contribution < -0.4 is 10.1 Å². The molecule has 1 aromatic carbocycles. The summed E-state index contributed by atoms with van der Waals surface area (Å²) >= 11 is 7.00. The van der Waals surface area contributed by atoms with E-state index in [2.05, 4.69) is 5.32 Å². The van der Waals surface area contributed by atoms with Gasteiger partial charge in [-0.3, -0.25) is 19.7 Å². The van der Waals surface area contributed by atoms with Crippen molar-refractivity contribution in [2.24, 2.45) is 0 Å². The Morgan fingerprint density at radius 2 is 1.95 bits per heavy atom. The van der Waals surface area contributed by atoms with Crippen molar-refractivity contribution in [2.75, 3.05) is 26.0 Å². The highest BCUT2D eigenvalue weighted by atomic mass is 35.5. The standard InChI is InChI=1S/C24H24ClN3O8S/c1-5-10-34-24(31)19-13(2)20(23(30)27(3)4)37-22(19)26-21(29)17-9-7-15(36-17)12-35-18-11-14(28(32)33)6-8-16(18)25/h6-9,11H,5,10,12H2,1-4H3,(H,26,29). The van der Waals surface area contributed by atoms with E-state index in [-0.39, 0.29) is 57.7 Å². The zero-order valence-corrected chi connectivity index (χ0v) is 22.0. The highest BCUT2D eigenvalue weighted by molar-refractivity contribution is 7.18. The Labute approximate surface area is 221 Å². The third-order valence-corrected chi connectivity index (χ3v) is 6.50. The van der Waals surface area contributed by atoms with Crippen molar-refractivity contribution in [2.45, 2.75) is 26.9 Å². The molecule has 37 heavy (non-hydrogen) atoms. The topological polar surface area (TPSA) is 141 Å². The molecule has 13 heteroatoms. The number of nitro groups is 1. The number of carbonyl (C=O) groups excluding carboxylic acids is 3. The number of furan rings is 1. The molecule has 0 aliphatic carbocycles. The molecule has 1 N–H and O–H groups in total. The summed E-state index contributed by atoms with van der Waals surface area (Å²) in [5, 5.41) is 13.9. The first-order valence-corrected chi connectivity index (χ1v) is 12.2. The molecule has 0 saturated heterocycles. The second-order valence-corrected chi connectivity index (χ2v) is 9.40. The number of anilines is 1. The number of hydrogen-bond acceptors (Lipinski definition) is 9. The van der Waals surface area contributed by atoms with Crippen molar-refractivity contribution in [3.63, 3.8) is 0 Å². The van der Waals surface area contributed by atoms with Gasteiger partial charge in [0.15, 0.2) is 5.76 Å². The minimum atomic E-state index is -0.658. The normalized spacial score (nSPS) is 10.6. The first-order valence-electron chi connectivity index (χ1n) is 11.0. The quantitative estimate of drug-likeness (QED) is 0.204. The van der Waals surface area contributed by atoms with Crippen LogP contribution in [0.15, 0.2) is 34.7 Å². The summed E-state index contributed by atoms with van der Waals surface area (Å²) in [6.45, 7) is 3.51. The van der Waals surface area contributed by atoms with Crippen LogP contribution in [-0.2, 0) is 11.3 Å². The molecule has 0 aliphatic heterocycles. The molecular weight excluding hydrogens is 526 g/mol. The minimum Gasteiger partial charge on any atom is -0.484 e. The van der Waals surface area contributed by atoms with Crippen LogP contribution in [0.3, 0.4) is 0 Å². The SMILES string of the molecule is CCCOC(=O)c1c(NC(=O)c2ccc(COc3cc([N+](=O)[O-])ccc3Cl)o2)sc(C(=O)N(C)C)c1C. The Morgan fingerprint density at radius 3 is 2.59 bits per heavy atom. The number of hydrogen-bond donors (Lipinski definition) is 1. The summed E-state index contributed by atoms with van der Waals surface area (Å²) in [5.74, 6) is -1.37. The highest BCUT2D eigenvalue weighted by Gasteiger charge is 2.28. The van der Waals surface area contributed by atoms with Crippen LogP contribution in [0.5, 0.6) is 5.75 Å². The van der Waals surface area contributed by atoms with Crippen LogP contribution in [0, 0.1) is 17.0 Å². The van der Waals surface area contributed by atoms with Crippen molar-refractivity contribution < 1.29 is 33.2 Å². The number of nitrogens with zero attached hydrogens (tertiary/aromatic N) is 2. The van der Waals surface area contributed by atoms with Gasteiger partial charge in [-0.2, -0.15) is 0 Å². The molecule has 3 aromatic rings. The van der Waals surface area contributed by atoms with Gasteiger partial charge in [-0.15, -0.1) is 11.3 Å². The molecule has 0 radical (unpaired) electrons. The number of amides is 2. The molecule has 0 spiro atoms. The van der Waals surface area contributed by atoms with E-state index in [9.17, 15) is 24.5 Å². The van der Waals surface area contributed by atoms with E-state index >= 15 is 0 Å². The zero-order chi connectivity index (χ0) is 27.3. The third kappa shape index (κ3) is 6.46. The number of carbonyl (C=O) groups is 3. The van der Waals surface area contributed by atoms with Crippen molar-refractivity contribution in [3.05, 3.63) is 73.0 Å². The van der Waals surface area contributed by atoms with Crippen molar-refractivity contribution in [1.29, 1.82) is 0 Å². The Bertz CT molecular complexity index is 1350. The second-order valence-electron chi connectivity index (χ2n) is 7.98. The number of non-ortho nitro benzene ring substituents is 1. The van der Waals surface area contributed by atoms with Crippen molar-refractivity contribution in [3.8, 4) is 5.75 Å². The number of thiophene rings is 1. The van der Waals surface area contributed by atoms with E-state index in [0.29, 0.717) is 16.9 Å². The van der Waals surface area contributed by atoms with Gasteiger partial charge in [0.1, 0.15) is 23.1 Å². The van der Waals surface area contributed by atoms with Gasteiger partial charge >= 0.3 is 5.97 Å². The van der Waals surface area contributed by atoms with Crippen LogP contribution in [0.4, 0.5) is 10.7 Å². The fourth-order valence-corrected chi connectivity index (χ4v) is 4.51. The maximum absolute atomic E-state index is 12.9. The van der Waals surface area contributed by atoms with E-state index < -0.39 is 16.8 Å². The predicted molar refractivity (Wildman–Crippen MR) is 137 cm³/mol. The zero-order valence-electron chi connectivity index (χ0n) is 20.5. The van der Waals surface area contributed by atoms with Gasteiger partial charge in [0.05, 0.1) is 33.1 Å². The fourth-order valence-electron chi connectivity index (χ4n) is 3.13. The number of halogens is 1. The highest BCUT2D eigenvalue weighted by Crippen LogP contribution is 2.35. The van der Waals surface area contributed by atoms with Crippen LogP contribution >= 0.6 is 22.9 Å². The summed E-state index contributed by atoms with van der Waals surface area (Å²) in [4.78, 5) is 50.3. The summed E-state index contributed by atoms with van der Waals surface area (Å²) in [5.41, 5.74) is 0.320. The maximum Gasteiger partial charge on any atom is 0.341 e. The number of nitro benzene ring substituents is 1. The van der Waals surface area contributed by atoms with E-state index in [1.807, 2.05) is 6.92 Å². The van der Waals surface area contributed by atoms with Gasteiger partial charge in [0.2, 0.25) is 0 Å². The molecule has 0 unspecified atom stereocenters. The molecule has 196 valence electrons.